The standard InChI is InChI=1S/C32H30N4O10S/c37-28(19-7-4-2-1-3-5-8-19)34-18-25(31(39)40)35-29(38)21-10-12-26-24(16-21)36-30(45-26)23-15-20-9-11-22(17-27(20)46-32(23)41)33-13-6-14-47(42,43)44/h1-5,7-12,15-17,25,32-33,41H,6,13-14,18H2,(H,34,37)(H,35,38)(H,39,40)(H,42,43,44)/b2-1-,3-1?,4-2?,5-3-,7-4-,8-5?,19-7?,19-8+. The van der Waals surface area contributed by atoms with Gasteiger partial charge in [-0.25, -0.2) is 9.78 Å². The Hall–Kier alpha value is -5.51. The van der Waals surface area contributed by atoms with Crippen LogP contribution in [-0.2, 0) is 19.7 Å². The number of amides is 2. The Balaban J connectivity index is 1.25. The third-order valence-corrected chi connectivity index (χ3v) is 7.77. The zero-order valence-electron chi connectivity index (χ0n) is 24.6. The van der Waals surface area contributed by atoms with Crippen molar-refractivity contribution >= 4 is 56.3 Å². The molecule has 0 spiro atoms. The van der Waals surface area contributed by atoms with Crippen LogP contribution in [0.3, 0.4) is 0 Å². The number of hydrogen-bond donors (Lipinski definition) is 6. The van der Waals surface area contributed by atoms with Crippen LogP contribution in [0.15, 0.2) is 88.9 Å². The molecule has 2 heterocycles. The van der Waals surface area contributed by atoms with E-state index >= 15 is 0 Å². The fraction of sp³-hybridized carbons (Fsp3) is 0.188. The lowest BCUT2D eigenvalue weighted by Crippen LogP contribution is -2.48. The molecule has 6 N–H and O–H groups in total. The fourth-order valence-electron chi connectivity index (χ4n) is 4.59. The van der Waals surface area contributed by atoms with Crippen molar-refractivity contribution < 1.29 is 46.7 Å². The minimum atomic E-state index is -4.05. The van der Waals surface area contributed by atoms with E-state index in [1.807, 2.05) is 0 Å². The Labute approximate surface area is 268 Å². The van der Waals surface area contributed by atoms with Crippen LogP contribution in [0, 0.1) is 0 Å². The molecular weight excluding hydrogens is 632 g/mol. The summed E-state index contributed by atoms with van der Waals surface area (Å²) in [5, 5.41) is 28.3. The number of aliphatic carboxylic acids is 1. The van der Waals surface area contributed by atoms with Crippen LogP contribution in [0.2, 0.25) is 0 Å². The molecule has 5 rings (SSSR count). The molecule has 47 heavy (non-hydrogen) atoms. The molecule has 0 bridgehead atoms. The predicted molar refractivity (Wildman–Crippen MR) is 172 cm³/mol. The van der Waals surface area contributed by atoms with E-state index in [2.05, 4.69) is 20.9 Å². The number of carboxylic acids is 1. The van der Waals surface area contributed by atoms with Gasteiger partial charge in [0, 0.05) is 41.5 Å². The number of nitrogens with zero attached hydrogens (tertiary/aromatic N) is 1. The quantitative estimate of drug-likeness (QED) is 0.122. The summed E-state index contributed by atoms with van der Waals surface area (Å²) < 4.78 is 42.1. The number of aliphatic hydroxyl groups is 1. The number of fused-ring (bicyclic) bond motifs is 2. The van der Waals surface area contributed by atoms with Crippen LogP contribution in [0.5, 0.6) is 5.75 Å². The van der Waals surface area contributed by atoms with Gasteiger partial charge in [0.25, 0.3) is 21.9 Å². The van der Waals surface area contributed by atoms with Crippen LogP contribution >= 0.6 is 0 Å². The molecule has 2 amide bonds. The normalized spacial score (nSPS) is 19.3. The zero-order valence-corrected chi connectivity index (χ0v) is 25.4. The number of allylic oxidation sites excluding steroid dienone is 6. The minimum absolute atomic E-state index is 0.0390. The van der Waals surface area contributed by atoms with Crippen LogP contribution in [-0.4, -0.2) is 77.1 Å². The molecule has 2 aliphatic rings. The summed E-state index contributed by atoms with van der Waals surface area (Å²) >= 11 is 0. The number of aromatic nitrogens is 1. The van der Waals surface area contributed by atoms with Gasteiger partial charge in [-0.2, -0.15) is 8.42 Å². The summed E-state index contributed by atoms with van der Waals surface area (Å²) in [4.78, 5) is 41.8. The van der Waals surface area contributed by atoms with Gasteiger partial charge in [0.1, 0.15) is 17.3 Å². The maximum Gasteiger partial charge on any atom is 0.328 e. The number of anilines is 1. The smallest absolute Gasteiger partial charge is 0.328 e. The molecule has 2 atom stereocenters. The third-order valence-electron chi connectivity index (χ3n) is 6.96. The van der Waals surface area contributed by atoms with Gasteiger partial charge in [-0.3, -0.25) is 14.1 Å². The lowest BCUT2D eigenvalue weighted by atomic mass is 10.1. The van der Waals surface area contributed by atoms with Gasteiger partial charge in [0.05, 0.1) is 11.3 Å². The number of carboxylic acid groups (broad SMARTS) is 1. The van der Waals surface area contributed by atoms with Crippen LogP contribution < -0.4 is 20.7 Å². The largest absolute Gasteiger partial charge is 0.480 e. The fourth-order valence-corrected chi connectivity index (χ4v) is 5.10. The van der Waals surface area contributed by atoms with Crippen molar-refractivity contribution in [1.82, 2.24) is 15.6 Å². The van der Waals surface area contributed by atoms with E-state index in [1.54, 1.807) is 66.8 Å². The highest BCUT2D eigenvalue weighted by atomic mass is 32.2. The Kier molecular flexibility index (Phi) is 9.99. The minimum Gasteiger partial charge on any atom is -0.480 e. The number of benzene rings is 2. The van der Waals surface area contributed by atoms with Crippen LogP contribution in [0.25, 0.3) is 22.7 Å². The molecule has 0 radical (unpaired) electrons. The highest BCUT2D eigenvalue weighted by Crippen LogP contribution is 2.36. The first-order valence-corrected chi connectivity index (χ1v) is 15.9. The second-order valence-electron chi connectivity index (χ2n) is 10.4. The first kappa shape index (κ1) is 32.9. The molecule has 15 heteroatoms. The molecule has 14 nitrogen and oxygen atoms in total. The summed E-state index contributed by atoms with van der Waals surface area (Å²) in [6.45, 7) is -0.0782. The van der Waals surface area contributed by atoms with Crippen molar-refractivity contribution in [2.45, 2.75) is 18.8 Å². The average Bonchev–Trinajstić information content (AvgIpc) is 3.43. The Bertz CT molecular complexity index is 1970. The van der Waals surface area contributed by atoms with Crippen molar-refractivity contribution in [3.05, 3.63) is 102 Å². The van der Waals surface area contributed by atoms with E-state index < -0.39 is 40.2 Å². The number of nitrogens with one attached hydrogen (secondary N) is 3. The highest BCUT2D eigenvalue weighted by Gasteiger charge is 2.27. The van der Waals surface area contributed by atoms with Gasteiger partial charge in [0.2, 0.25) is 12.2 Å². The zero-order chi connectivity index (χ0) is 33.6. The van der Waals surface area contributed by atoms with Gasteiger partial charge in [-0.1, -0.05) is 30.4 Å². The molecule has 244 valence electrons. The number of hydrogen-bond acceptors (Lipinski definition) is 10. The van der Waals surface area contributed by atoms with Crippen LogP contribution in [0.1, 0.15) is 28.2 Å². The maximum absolute atomic E-state index is 13.0. The van der Waals surface area contributed by atoms with Crippen molar-refractivity contribution in [3.63, 3.8) is 0 Å². The van der Waals surface area contributed by atoms with Crippen molar-refractivity contribution in [1.29, 1.82) is 0 Å². The van der Waals surface area contributed by atoms with Gasteiger partial charge in [-0.05, 0) is 55.0 Å². The molecule has 2 aromatic carbocycles. The molecule has 3 aromatic rings. The van der Waals surface area contributed by atoms with Crippen LogP contribution in [0.4, 0.5) is 5.69 Å². The van der Waals surface area contributed by atoms with E-state index in [9.17, 15) is 33.0 Å². The maximum atomic E-state index is 13.0. The summed E-state index contributed by atoms with van der Waals surface area (Å²) in [7, 11) is -4.05. The van der Waals surface area contributed by atoms with E-state index in [1.165, 1.54) is 18.2 Å². The van der Waals surface area contributed by atoms with Gasteiger partial charge in [-0.15, -0.1) is 0 Å². The van der Waals surface area contributed by atoms with E-state index in [4.69, 9.17) is 13.7 Å². The van der Waals surface area contributed by atoms with Gasteiger partial charge in [0.15, 0.2) is 5.58 Å². The summed E-state index contributed by atoms with van der Waals surface area (Å²) in [6, 6.07) is 7.98. The van der Waals surface area contributed by atoms with Gasteiger partial charge >= 0.3 is 5.97 Å². The lowest BCUT2D eigenvalue weighted by molar-refractivity contribution is -0.139. The Morgan fingerprint density at radius 2 is 1.79 bits per heavy atom. The molecule has 1 aliphatic carbocycles. The van der Waals surface area contributed by atoms with Crippen molar-refractivity contribution in [3.8, 4) is 5.75 Å². The average molecular weight is 663 g/mol. The molecular formula is C32H30N4O10S. The molecule has 0 saturated heterocycles. The number of aliphatic hydroxyl groups excluding tert-OH is 1. The highest BCUT2D eigenvalue weighted by molar-refractivity contribution is 7.85. The topological polar surface area (TPSA) is 217 Å². The van der Waals surface area contributed by atoms with E-state index in [0.29, 0.717) is 28.2 Å². The lowest BCUT2D eigenvalue weighted by Gasteiger charge is -2.22. The second kappa shape index (κ2) is 14.3. The SMILES string of the molecule is O=C(NCC(NC(=O)c1ccc2oc(C3=Cc4ccc(NCCCS(=O)(=O)O)cc4OC3O)nc2c1)C(=O)O)C1=C/C=C\C=C/C=C\1. The molecule has 0 saturated carbocycles. The first-order chi connectivity index (χ1) is 22.5. The second-order valence-corrected chi connectivity index (χ2v) is 12.0. The van der Waals surface area contributed by atoms with Crippen molar-refractivity contribution in [2.75, 3.05) is 24.2 Å². The Morgan fingerprint density at radius 3 is 2.57 bits per heavy atom. The van der Waals surface area contributed by atoms with Crippen molar-refractivity contribution in [2.24, 2.45) is 0 Å². The number of rotatable bonds is 12. The molecule has 2 unspecified atom stereocenters. The van der Waals surface area contributed by atoms with E-state index in [-0.39, 0.29) is 47.8 Å². The van der Waals surface area contributed by atoms with E-state index in [0.717, 1.165) is 0 Å². The molecule has 1 aromatic heterocycles. The third kappa shape index (κ3) is 8.61. The Morgan fingerprint density at radius 1 is 1.00 bits per heavy atom. The summed E-state index contributed by atoms with van der Waals surface area (Å²) in [5.41, 5.74) is 2.41. The monoisotopic (exact) mass is 662 g/mol. The first-order valence-electron chi connectivity index (χ1n) is 14.3. The van der Waals surface area contributed by atoms with Gasteiger partial charge < -0.3 is 35.3 Å². The summed E-state index contributed by atoms with van der Waals surface area (Å²) in [6.07, 6.45) is 12.2. The molecule has 1 aliphatic heterocycles. The number of carbonyl (C=O) groups is 3. The molecule has 0 fully saturated rings. The predicted octanol–water partition coefficient (Wildman–Crippen LogP) is 2.68. The summed E-state index contributed by atoms with van der Waals surface area (Å²) in [5.74, 6) is -2.54. The number of carbonyl (C=O) groups excluding carboxylic acids is 2. The number of oxazole rings is 1. The number of ether oxygens (including phenoxy) is 1.